The average Bonchev–Trinajstić information content (AvgIpc) is 3.30. The summed E-state index contributed by atoms with van der Waals surface area (Å²) in [4.78, 5) is 19.0. The van der Waals surface area contributed by atoms with Crippen molar-refractivity contribution in [1.82, 2.24) is 9.97 Å². The Morgan fingerprint density at radius 2 is 1.97 bits per heavy atom. The number of hydrogen-bond donors (Lipinski definition) is 4. The second kappa shape index (κ2) is 7.30. The highest BCUT2D eigenvalue weighted by Gasteiger charge is 2.52. The molecule has 11 heteroatoms. The molecule has 166 valence electrons. The van der Waals surface area contributed by atoms with Gasteiger partial charge >= 0.3 is 0 Å². The predicted molar refractivity (Wildman–Crippen MR) is 114 cm³/mol. The van der Waals surface area contributed by atoms with Crippen molar-refractivity contribution in [2.45, 2.75) is 36.1 Å². The molecule has 3 aromatic rings. The summed E-state index contributed by atoms with van der Waals surface area (Å²) in [5, 5.41) is 6.11. The van der Waals surface area contributed by atoms with Gasteiger partial charge in [0.05, 0.1) is 41.0 Å². The molecule has 32 heavy (non-hydrogen) atoms. The number of hydrogen-bond acceptors (Lipinski definition) is 5. The number of imidazole rings is 1. The molecule has 1 amide bonds. The lowest BCUT2D eigenvalue weighted by molar-refractivity contribution is -0.123. The minimum Gasteiger partial charge on any atom is -0.378 e. The van der Waals surface area contributed by atoms with Crippen molar-refractivity contribution in [3.8, 4) is 0 Å². The summed E-state index contributed by atoms with van der Waals surface area (Å²) in [5.41, 5.74) is 2.09. The molecular formula is C21H19F2N5O3S. The molecule has 0 unspecified atom stereocenters. The van der Waals surface area contributed by atoms with E-state index in [4.69, 9.17) is 0 Å². The molecule has 2 aliphatic rings. The highest BCUT2D eigenvalue weighted by Crippen LogP contribution is 2.54. The van der Waals surface area contributed by atoms with E-state index in [1.54, 1.807) is 12.3 Å². The molecule has 2 heterocycles. The summed E-state index contributed by atoms with van der Waals surface area (Å²) in [7, 11) is -4.33. The van der Waals surface area contributed by atoms with Crippen LogP contribution in [0.25, 0.3) is 0 Å². The molecule has 8 nitrogen and oxygen atoms in total. The molecule has 1 aliphatic carbocycles. The second-order valence-electron chi connectivity index (χ2n) is 7.95. The third kappa shape index (κ3) is 3.29. The van der Waals surface area contributed by atoms with Crippen LogP contribution in [0.3, 0.4) is 0 Å². The number of aromatic nitrogens is 2. The minimum atomic E-state index is -4.33. The van der Waals surface area contributed by atoms with Crippen molar-refractivity contribution >= 4 is 33.0 Å². The van der Waals surface area contributed by atoms with Crippen LogP contribution in [0.15, 0.2) is 47.8 Å². The van der Waals surface area contributed by atoms with Gasteiger partial charge < -0.3 is 15.6 Å². The normalized spacial score (nSPS) is 16.4. The number of fused-ring (bicyclic) bond motifs is 2. The summed E-state index contributed by atoms with van der Waals surface area (Å²) in [5.74, 6) is -2.18. The van der Waals surface area contributed by atoms with Gasteiger partial charge in [-0.2, -0.15) is 0 Å². The Morgan fingerprint density at radius 1 is 1.16 bits per heavy atom. The quantitative estimate of drug-likeness (QED) is 0.451. The largest absolute Gasteiger partial charge is 0.378 e. The van der Waals surface area contributed by atoms with Gasteiger partial charge in [-0.15, -0.1) is 0 Å². The summed E-state index contributed by atoms with van der Waals surface area (Å²) < 4.78 is 55.3. The lowest BCUT2D eigenvalue weighted by atomic mass is 9.65. The van der Waals surface area contributed by atoms with Crippen LogP contribution in [0.4, 0.5) is 25.8 Å². The van der Waals surface area contributed by atoms with E-state index < -0.39 is 32.0 Å². The molecule has 0 radical (unpaired) electrons. The lowest BCUT2D eigenvalue weighted by Gasteiger charge is -2.36. The van der Waals surface area contributed by atoms with Gasteiger partial charge in [0.1, 0.15) is 16.5 Å². The van der Waals surface area contributed by atoms with Crippen LogP contribution >= 0.6 is 0 Å². The van der Waals surface area contributed by atoms with E-state index in [-0.39, 0.29) is 11.6 Å². The monoisotopic (exact) mass is 459 g/mol. The molecule has 1 fully saturated rings. The number of H-pyrrole nitrogens is 1. The number of sulfonamides is 1. The van der Waals surface area contributed by atoms with Crippen LogP contribution in [-0.2, 0) is 26.8 Å². The molecule has 1 aliphatic heterocycles. The molecule has 1 saturated carbocycles. The number of aromatic amines is 1. The molecular weight excluding hydrogens is 440 g/mol. The fourth-order valence-electron chi connectivity index (χ4n) is 4.21. The van der Waals surface area contributed by atoms with Gasteiger partial charge in [-0.05, 0) is 42.7 Å². The number of anilines is 3. The molecule has 4 N–H and O–H groups in total. The number of carbonyl (C=O) groups excluding carboxylic acids is 1. The topological polar surface area (TPSA) is 116 Å². The summed E-state index contributed by atoms with van der Waals surface area (Å²) in [6, 6.07) is 5.40. The first-order valence-corrected chi connectivity index (χ1v) is 11.5. The standard InChI is InChI=1S/C21H19F2N5O3S/c22-12-2-3-18(16(23)6-12)32(30,31)28-13-7-15-19(27-20(29)21(15)4-1-5-21)17(8-13)25-10-14-9-24-11-26-14/h2-3,6-9,11,25,28H,1,4-5,10H2,(H,24,26)(H,27,29). The van der Waals surface area contributed by atoms with E-state index >= 15 is 0 Å². The van der Waals surface area contributed by atoms with Gasteiger partial charge in [-0.1, -0.05) is 6.42 Å². The molecule has 1 aromatic heterocycles. The van der Waals surface area contributed by atoms with Crippen LogP contribution < -0.4 is 15.4 Å². The van der Waals surface area contributed by atoms with Crippen molar-refractivity contribution in [1.29, 1.82) is 0 Å². The molecule has 1 spiro atoms. The number of nitrogens with one attached hydrogen (secondary N) is 4. The number of amides is 1. The zero-order chi connectivity index (χ0) is 22.5. The molecule has 0 atom stereocenters. The first kappa shape index (κ1) is 20.4. The SMILES string of the molecule is O=C1Nc2c(NCc3cnc[nH]3)cc(NS(=O)(=O)c3ccc(F)cc3F)cc2C12CCC2. The Balaban J connectivity index is 1.54. The van der Waals surface area contributed by atoms with Crippen LogP contribution in [0.5, 0.6) is 0 Å². The third-order valence-electron chi connectivity index (χ3n) is 5.99. The van der Waals surface area contributed by atoms with Gasteiger partial charge in [-0.3, -0.25) is 9.52 Å². The highest BCUT2D eigenvalue weighted by molar-refractivity contribution is 7.92. The molecule has 0 bridgehead atoms. The third-order valence-corrected chi connectivity index (χ3v) is 7.41. The van der Waals surface area contributed by atoms with Gasteiger partial charge in [0.2, 0.25) is 5.91 Å². The van der Waals surface area contributed by atoms with E-state index in [1.807, 2.05) is 0 Å². The Hall–Kier alpha value is -3.47. The lowest BCUT2D eigenvalue weighted by Crippen LogP contribution is -2.40. The fourth-order valence-corrected chi connectivity index (χ4v) is 5.31. The number of halogens is 2. The van der Waals surface area contributed by atoms with Crippen LogP contribution in [-0.4, -0.2) is 24.3 Å². The smallest absolute Gasteiger partial charge is 0.264 e. The van der Waals surface area contributed by atoms with Crippen LogP contribution in [0.2, 0.25) is 0 Å². The Morgan fingerprint density at radius 3 is 2.62 bits per heavy atom. The second-order valence-corrected chi connectivity index (χ2v) is 9.60. The van der Waals surface area contributed by atoms with E-state index in [2.05, 4.69) is 25.3 Å². The Kier molecular flexibility index (Phi) is 4.66. The van der Waals surface area contributed by atoms with E-state index in [1.165, 1.54) is 12.4 Å². The first-order chi connectivity index (χ1) is 15.3. The Bertz CT molecular complexity index is 1320. The van der Waals surface area contributed by atoms with E-state index in [9.17, 15) is 22.0 Å². The molecule has 5 rings (SSSR count). The maximum absolute atomic E-state index is 14.1. The maximum Gasteiger partial charge on any atom is 0.264 e. The highest BCUT2D eigenvalue weighted by atomic mass is 32.2. The minimum absolute atomic E-state index is 0.118. The Labute approximate surface area is 182 Å². The van der Waals surface area contributed by atoms with Gasteiger partial charge in [-0.25, -0.2) is 22.2 Å². The van der Waals surface area contributed by atoms with Gasteiger partial charge in [0, 0.05) is 12.3 Å². The van der Waals surface area contributed by atoms with Crippen LogP contribution in [0, 0.1) is 11.6 Å². The number of rotatable bonds is 6. The van der Waals surface area contributed by atoms with E-state index in [0.717, 1.165) is 24.2 Å². The average molecular weight is 459 g/mol. The number of carbonyl (C=O) groups is 1. The fraction of sp³-hybridized carbons (Fsp3) is 0.238. The summed E-state index contributed by atoms with van der Waals surface area (Å²) in [6.45, 7) is 0.359. The predicted octanol–water partition coefficient (Wildman–Crippen LogP) is 3.47. The van der Waals surface area contributed by atoms with Crippen LogP contribution in [0.1, 0.15) is 30.5 Å². The molecule has 2 aromatic carbocycles. The van der Waals surface area contributed by atoms with Crippen molar-refractivity contribution in [3.63, 3.8) is 0 Å². The van der Waals surface area contributed by atoms with Gasteiger partial charge in [0.15, 0.2) is 0 Å². The van der Waals surface area contributed by atoms with Crippen molar-refractivity contribution in [3.05, 3.63) is 65.7 Å². The summed E-state index contributed by atoms with van der Waals surface area (Å²) in [6.07, 6.45) is 5.39. The van der Waals surface area contributed by atoms with Crippen molar-refractivity contribution in [2.24, 2.45) is 0 Å². The van der Waals surface area contributed by atoms with Crippen molar-refractivity contribution < 1.29 is 22.0 Å². The zero-order valence-corrected chi connectivity index (χ0v) is 17.5. The maximum atomic E-state index is 14.1. The van der Waals surface area contributed by atoms with Gasteiger partial charge in [0.25, 0.3) is 10.0 Å². The first-order valence-electron chi connectivity index (χ1n) is 9.97. The number of benzene rings is 2. The van der Waals surface area contributed by atoms with E-state index in [0.29, 0.717) is 42.4 Å². The number of nitrogens with zero attached hydrogens (tertiary/aromatic N) is 1. The zero-order valence-electron chi connectivity index (χ0n) is 16.7. The molecule has 0 saturated heterocycles. The summed E-state index contributed by atoms with van der Waals surface area (Å²) >= 11 is 0. The van der Waals surface area contributed by atoms with Crippen molar-refractivity contribution in [2.75, 3.05) is 15.4 Å².